The van der Waals surface area contributed by atoms with Gasteiger partial charge in [-0.1, -0.05) is 25.5 Å². The number of hydrogen-bond acceptors (Lipinski definition) is 3. The molecule has 2 atom stereocenters. The molecule has 1 aliphatic rings. The summed E-state index contributed by atoms with van der Waals surface area (Å²) < 4.78 is 27.0. The minimum Gasteiger partial charge on any atom is -0.311 e. The predicted molar refractivity (Wildman–Crippen MR) is 88.5 cm³/mol. The molecule has 0 spiro atoms. The molecular formula is C15H25ClN2O2S. The molecule has 1 aromatic carbocycles. The quantitative estimate of drug-likeness (QED) is 0.921. The number of sulfonamides is 1. The van der Waals surface area contributed by atoms with Crippen molar-refractivity contribution in [3.8, 4) is 0 Å². The average Bonchev–Trinajstić information content (AvgIpc) is 2.42. The van der Waals surface area contributed by atoms with E-state index in [9.17, 15) is 8.42 Å². The Labute approximate surface area is 134 Å². The summed E-state index contributed by atoms with van der Waals surface area (Å²) in [5.41, 5.74) is 1.19. The van der Waals surface area contributed by atoms with Crippen LogP contribution in [0.15, 0.2) is 29.2 Å². The average molecular weight is 333 g/mol. The topological polar surface area (TPSA) is 49.4 Å². The van der Waals surface area contributed by atoms with Gasteiger partial charge in [0.05, 0.1) is 4.90 Å². The summed E-state index contributed by atoms with van der Waals surface area (Å²) in [6.45, 7) is 7.31. The number of benzene rings is 1. The summed E-state index contributed by atoms with van der Waals surface area (Å²) in [5.74, 6) is 0. The first-order valence-electron chi connectivity index (χ1n) is 7.29. The van der Waals surface area contributed by atoms with E-state index in [-0.39, 0.29) is 24.5 Å². The lowest BCUT2D eigenvalue weighted by molar-refractivity contribution is 0.244. The Kier molecular flexibility index (Phi) is 6.66. The summed E-state index contributed by atoms with van der Waals surface area (Å²) in [6, 6.07) is 7.51. The maximum absolute atomic E-state index is 12.7. The maximum Gasteiger partial charge on any atom is 0.243 e. The molecule has 1 N–H and O–H groups in total. The Balaban J connectivity index is 0.00000220. The van der Waals surface area contributed by atoms with Crippen molar-refractivity contribution in [1.82, 2.24) is 9.62 Å². The lowest BCUT2D eigenvalue weighted by atomic mass is 10.1. The molecule has 2 unspecified atom stereocenters. The molecule has 0 radical (unpaired) electrons. The van der Waals surface area contributed by atoms with Crippen LogP contribution in [0.2, 0.25) is 0 Å². The molecule has 1 aliphatic heterocycles. The summed E-state index contributed by atoms with van der Waals surface area (Å²) in [4.78, 5) is 0.401. The molecular weight excluding hydrogens is 308 g/mol. The van der Waals surface area contributed by atoms with Crippen LogP contribution in [0.25, 0.3) is 0 Å². The van der Waals surface area contributed by atoms with E-state index in [2.05, 4.69) is 12.2 Å². The zero-order valence-electron chi connectivity index (χ0n) is 12.9. The van der Waals surface area contributed by atoms with E-state index >= 15 is 0 Å². The van der Waals surface area contributed by atoms with Crippen LogP contribution in [0, 0.1) is 0 Å². The minimum atomic E-state index is -3.38. The van der Waals surface area contributed by atoms with Crippen molar-refractivity contribution < 1.29 is 8.42 Å². The molecule has 0 amide bonds. The van der Waals surface area contributed by atoms with Gasteiger partial charge in [0.15, 0.2) is 0 Å². The Morgan fingerprint density at radius 2 is 1.86 bits per heavy atom. The molecule has 2 rings (SSSR count). The lowest BCUT2D eigenvalue weighted by Gasteiger charge is -2.36. The largest absolute Gasteiger partial charge is 0.311 e. The highest BCUT2D eigenvalue weighted by Crippen LogP contribution is 2.21. The third-order valence-electron chi connectivity index (χ3n) is 3.78. The third-order valence-corrected chi connectivity index (χ3v) is 5.77. The van der Waals surface area contributed by atoms with Crippen molar-refractivity contribution in [2.75, 3.05) is 13.1 Å². The standard InChI is InChI=1S/C15H24N2O2S.ClH/c1-4-5-14-6-8-15(9-7-14)20(18,19)17-11-12(2)16-10-13(17)3;/h6-9,12-13,16H,4-5,10-11H2,1-3H3;1H. The minimum absolute atomic E-state index is 0. The van der Waals surface area contributed by atoms with Crippen LogP contribution in [0.5, 0.6) is 0 Å². The van der Waals surface area contributed by atoms with E-state index in [0.29, 0.717) is 18.0 Å². The van der Waals surface area contributed by atoms with Gasteiger partial charge in [0.2, 0.25) is 10.0 Å². The zero-order chi connectivity index (χ0) is 14.8. The van der Waals surface area contributed by atoms with Crippen LogP contribution in [0.3, 0.4) is 0 Å². The summed E-state index contributed by atoms with van der Waals surface area (Å²) in [7, 11) is -3.38. The van der Waals surface area contributed by atoms with E-state index in [1.54, 1.807) is 16.4 Å². The molecule has 1 heterocycles. The van der Waals surface area contributed by atoms with Gasteiger partial charge in [-0.05, 0) is 38.0 Å². The molecule has 0 aromatic heterocycles. The third kappa shape index (κ3) is 4.19. The van der Waals surface area contributed by atoms with Crippen molar-refractivity contribution >= 4 is 22.4 Å². The van der Waals surface area contributed by atoms with Crippen LogP contribution in [-0.2, 0) is 16.4 Å². The summed E-state index contributed by atoms with van der Waals surface area (Å²) >= 11 is 0. The SMILES string of the molecule is CCCc1ccc(S(=O)(=O)N2CC(C)NCC2C)cc1.Cl. The van der Waals surface area contributed by atoms with Crippen molar-refractivity contribution in [1.29, 1.82) is 0 Å². The van der Waals surface area contributed by atoms with Gasteiger partial charge in [0.25, 0.3) is 0 Å². The van der Waals surface area contributed by atoms with Gasteiger partial charge in [0, 0.05) is 25.2 Å². The Bertz CT molecular complexity index is 545. The number of rotatable bonds is 4. The molecule has 120 valence electrons. The number of piperazine rings is 1. The van der Waals surface area contributed by atoms with E-state index in [0.717, 1.165) is 12.8 Å². The van der Waals surface area contributed by atoms with E-state index in [1.807, 2.05) is 26.0 Å². The molecule has 21 heavy (non-hydrogen) atoms. The highest BCUT2D eigenvalue weighted by atomic mass is 35.5. The normalized spacial score (nSPS) is 23.6. The number of hydrogen-bond donors (Lipinski definition) is 1. The number of aryl methyl sites for hydroxylation is 1. The number of halogens is 1. The monoisotopic (exact) mass is 332 g/mol. The van der Waals surface area contributed by atoms with Gasteiger partial charge in [0.1, 0.15) is 0 Å². The smallest absolute Gasteiger partial charge is 0.243 e. The van der Waals surface area contributed by atoms with Crippen molar-refractivity contribution in [3.63, 3.8) is 0 Å². The predicted octanol–water partition coefficient (Wildman–Crippen LogP) is 2.43. The molecule has 6 heteroatoms. The fourth-order valence-corrected chi connectivity index (χ4v) is 4.29. The van der Waals surface area contributed by atoms with Gasteiger partial charge < -0.3 is 5.32 Å². The van der Waals surface area contributed by atoms with Crippen molar-refractivity contribution in [2.24, 2.45) is 0 Å². The Morgan fingerprint density at radius 3 is 2.43 bits per heavy atom. The second kappa shape index (κ2) is 7.58. The molecule has 1 fully saturated rings. The highest BCUT2D eigenvalue weighted by molar-refractivity contribution is 7.89. The first-order chi connectivity index (χ1) is 9.45. The summed E-state index contributed by atoms with van der Waals surface area (Å²) in [6.07, 6.45) is 2.06. The van der Waals surface area contributed by atoms with Gasteiger partial charge in [-0.3, -0.25) is 0 Å². The molecule has 0 bridgehead atoms. The molecule has 1 aromatic rings. The second-order valence-electron chi connectivity index (χ2n) is 5.63. The van der Waals surface area contributed by atoms with Gasteiger partial charge in [-0.25, -0.2) is 8.42 Å². The molecule has 1 saturated heterocycles. The Morgan fingerprint density at radius 1 is 1.24 bits per heavy atom. The lowest BCUT2D eigenvalue weighted by Crippen LogP contribution is -2.56. The van der Waals surface area contributed by atoms with E-state index in [4.69, 9.17) is 0 Å². The molecule has 0 saturated carbocycles. The van der Waals surface area contributed by atoms with Crippen LogP contribution >= 0.6 is 12.4 Å². The first kappa shape index (κ1) is 18.4. The van der Waals surface area contributed by atoms with Crippen molar-refractivity contribution in [3.05, 3.63) is 29.8 Å². The van der Waals surface area contributed by atoms with Crippen molar-refractivity contribution in [2.45, 2.75) is 50.6 Å². The molecule has 0 aliphatic carbocycles. The van der Waals surface area contributed by atoms with Crippen LogP contribution in [0.4, 0.5) is 0 Å². The highest BCUT2D eigenvalue weighted by Gasteiger charge is 2.33. The molecule has 4 nitrogen and oxygen atoms in total. The first-order valence-corrected chi connectivity index (χ1v) is 8.73. The Hall–Kier alpha value is -0.620. The fourth-order valence-electron chi connectivity index (χ4n) is 2.58. The maximum atomic E-state index is 12.7. The van der Waals surface area contributed by atoms with Crippen LogP contribution < -0.4 is 5.32 Å². The number of nitrogens with one attached hydrogen (secondary N) is 1. The van der Waals surface area contributed by atoms with Crippen LogP contribution in [0.1, 0.15) is 32.8 Å². The van der Waals surface area contributed by atoms with Crippen LogP contribution in [-0.4, -0.2) is 37.9 Å². The zero-order valence-corrected chi connectivity index (χ0v) is 14.5. The van der Waals surface area contributed by atoms with Gasteiger partial charge in [-0.15, -0.1) is 12.4 Å². The fraction of sp³-hybridized carbons (Fsp3) is 0.600. The van der Waals surface area contributed by atoms with E-state index < -0.39 is 10.0 Å². The number of nitrogens with zero attached hydrogens (tertiary/aromatic N) is 1. The van der Waals surface area contributed by atoms with E-state index in [1.165, 1.54) is 5.56 Å². The van der Waals surface area contributed by atoms with Gasteiger partial charge in [-0.2, -0.15) is 4.31 Å². The second-order valence-corrected chi connectivity index (χ2v) is 7.52. The van der Waals surface area contributed by atoms with Gasteiger partial charge >= 0.3 is 0 Å². The summed E-state index contributed by atoms with van der Waals surface area (Å²) in [5, 5.41) is 3.31.